The number of ether oxygens (including phenoxy) is 2. The third-order valence-electron chi connectivity index (χ3n) is 4.05. The fourth-order valence-corrected chi connectivity index (χ4v) is 2.76. The number of hydrogen-bond donors (Lipinski definition) is 1. The summed E-state index contributed by atoms with van der Waals surface area (Å²) >= 11 is 0. The summed E-state index contributed by atoms with van der Waals surface area (Å²) in [5.41, 5.74) is 2.60. The Morgan fingerprint density at radius 3 is 2.56 bits per heavy atom. The van der Waals surface area contributed by atoms with Crippen molar-refractivity contribution in [3.63, 3.8) is 0 Å². The van der Waals surface area contributed by atoms with E-state index in [4.69, 9.17) is 13.9 Å². The summed E-state index contributed by atoms with van der Waals surface area (Å²) in [6, 6.07) is 15.4. The van der Waals surface area contributed by atoms with E-state index in [9.17, 15) is 4.79 Å². The third kappa shape index (κ3) is 3.83. The maximum absolute atomic E-state index is 12.5. The van der Waals surface area contributed by atoms with Gasteiger partial charge in [-0.3, -0.25) is 4.79 Å². The number of hydrogen-bond acceptors (Lipinski definition) is 4. The number of amides is 1. The Balaban J connectivity index is 1.68. The monoisotopic (exact) mass is 339 g/mol. The van der Waals surface area contributed by atoms with Gasteiger partial charge in [-0.1, -0.05) is 30.3 Å². The number of nitrogens with one attached hydrogen (secondary N) is 1. The molecule has 25 heavy (non-hydrogen) atoms. The fraction of sp³-hybridized carbons (Fsp3) is 0.250. The Hall–Kier alpha value is -2.79. The van der Waals surface area contributed by atoms with Crippen molar-refractivity contribution < 1.29 is 18.7 Å². The van der Waals surface area contributed by atoms with E-state index >= 15 is 0 Å². The number of furan rings is 1. The lowest BCUT2D eigenvalue weighted by Gasteiger charge is -2.06. The minimum atomic E-state index is -0.225. The van der Waals surface area contributed by atoms with Crippen molar-refractivity contribution in [3.05, 3.63) is 65.4 Å². The quantitative estimate of drug-likeness (QED) is 0.715. The molecule has 0 aliphatic carbocycles. The van der Waals surface area contributed by atoms with Crippen molar-refractivity contribution >= 4 is 16.9 Å². The van der Waals surface area contributed by atoms with Crippen LogP contribution in [0.2, 0.25) is 0 Å². The van der Waals surface area contributed by atoms with Gasteiger partial charge >= 0.3 is 0 Å². The Morgan fingerprint density at radius 2 is 1.84 bits per heavy atom. The summed E-state index contributed by atoms with van der Waals surface area (Å²) in [4.78, 5) is 12.5. The van der Waals surface area contributed by atoms with Gasteiger partial charge in [0, 0.05) is 24.6 Å². The molecule has 3 aromatic rings. The van der Waals surface area contributed by atoms with E-state index in [0.29, 0.717) is 24.5 Å². The zero-order chi connectivity index (χ0) is 17.6. The van der Waals surface area contributed by atoms with Crippen LogP contribution in [0.3, 0.4) is 0 Å². The molecule has 0 bridgehead atoms. The lowest BCUT2D eigenvalue weighted by atomic mass is 10.1. The lowest BCUT2D eigenvalue weighted by molar-refractivity contribution is 0.0922. The van der Waals surface area contributed by atoms with Crippen molar-refractivity contribution in [2.45, 2.75) is 13.0 Å². The van der Waals surface area contributed by atoms with E-state index in [1.54, 1.807) is 14.2 Å². The van der Waals surface area contributed by atoms with E-state index in [2.05, 4.69) is 5.32 Å². The highest BCUT2D eigenvalue weighted by atomic mass is 16.5. The van der Waals surface area contributed by atoms with Crippen LogP contribution in [-0.2, 0) is 17.8 Å². The van der Waals surface area contributed by atoms with E-state index in [0.717, 1.165) is 28.7 Å². The molecule has 2 aromatic carbocycles. The second kappa shape index (κ2) is 7.85. The van der Waals surface area contributed by atoms with E-state index in [1.807, 2.05) is 48.5 Å². The average Bonchev–Trinajstić information content (AvgIpc) is 3.01. The molecule has 130 valence electrons. The van der Waals surface area contributed by atoms with Crippen LogP contribution in [0.1, 0.15) is 21.7 Å². The molecule has 1 amide bonds. The Morgan fingerprint density at radius 1 is 1.08 bits per heavy atom. The molecule has 0 saturated carbocycles. The second-order valence-corrected chi connectivity index (χ2v) is 5.69. The van der Waals surface area contributed by atoms with Gasteiger partial charge in [0.1, 0.15) is 11.3 Å². The van der Waals surface area contributed by atoms with Gasteiger partial charge in [-0.25, -0.2) is 0 Å². The van der Waals surface area contributed by atoms with Crippen LogP contribution in [0, 0.1) is 0 Å². The van der Waals surface area contributed by atoms with Crippen molar-refractivity contribution in [2.75, 3.05) is 20.8 Å². The minimum absolute atomic E-state index is 0.225. The summed E-state index contributed by atoms with van der Waals surface area (Å²) in [6.07, 6.45) is 0.732. The zero-order valence-corrected chi connectivity index (χ0v) is 14.4. The van der Waals surface area contributed by atoms with Gasteiger partial charge in [-0.15, -0.1) is 0 Å². The van der Waals surface area contributed by atoms with Crippen molar-refractivity contribution in [1.82, 2.24) is 5.32 Å². The summed E-state index contributed by atoms with van der Waals surface area (Å²) in [5, 5.41) is 3.82. The molecule has 3 rings (SSSR count). The standard InChI is InChI=1S/C20H21NO4/c1-23-13-17-16-5-3-4-6-18(16)25-19(17)20(22)21-12-11-14-7-9-15(24-2)10-8-14/h3-10H,11-13H2,1-2H3,(H,21,22). The second-order valence-electron chi connectivity index (χ2n) is 5.69. The van der Waals surface area contributed by atoms with Gasteiger partial charge < -0.3 is 19.2 Å². The highest BCUT2D eigenvalue weighted by molar-refractivity contribution is 5.99. The molecule has 1 N–H and O–H groups in total. The summed E-state index contributed by atoms with van der Waals surface area (Å²) in [7, 11) is 3.24. The first-order valence-corrected chi connectivity index (χ1v) is 8.13. The highest BCUT2D eigenvalue weighted by Gasteiger charge is 2.19. The average molecular weight is 339 g/mol. The number of carbonyl (C=O) groups is 1. The van der Waals surface area contributed by atoms with Gasteiger partial charge in [-0.05, 0) is 30.2 Å². The van der Waals surface area contributed by atoms with Gasteiger partial charge in [-0.2, -0.15) is 0 Å². The molecular formula is C20H21NO4. The van der Waals surface area contributed by atoms with Gasteiger partial charge in [0.25, 0.3) is 5.91 Å². The largest absolute Gasteiger partial charge is 0.497 e. The van der Waals surface area contributed by atoms with Crippen LogP contribution in [0.4, 0.5) is 0 Å². The molecular weight excluding hydrogens is 318 g/mol. The van der Waals surface area contributed by atoms with Crippen LogP contribution in [0.25, 0.3) is 11.0 Å². The lowest BCUT2D eigenvalue weighted by Crippen LogP contribution is -2.26. The van der Waals surface area contributed by atoms with Crippen LogP contribution in [0.5, 0.6) is 5.75 Å². The van der Waals surface area contributed by atoms with Crippen molar-refractivity contribution in [1.29, 1.82) is 0 Å². The van der Waals surface area contributed by atoms with E-state index in [-0.39, 0.29) is 5.91 Å². The fourth-order valence-electron chi connectivity index (χ4n) is 2.76. The van der Waals surface area contributed by atoms with Gasteiger partial charge in [0.15, 0.2) is 5.76 Å². The first kappa shape index (κ1) is 17.0. The first-order valence-electron chi connectivity index (χ1n) is 8.13. The molecule has 0 atom stereocenters. The maximum Gasteiger partial charge on any atom is 0.287 e. The number of benzene rings is 2. The first-order chi connectivity index (χ1) is 12.2. The van der Waals surface area contributed by atoms with E-state index < -0.39 is 0 Å². The molecule has 5 heteroatoms. The zero-order valence-electron chi connectivity index (χ0n) is 14.4. The van der Waals surface area contributed by atoms with Crippen LogP contribution in [-0.4, -0.2) is 26.7 Å². The molecule has 1 heterocycles. The van der Waals surface area contributed by atoms with Crippen molar-refractivity contribution in [2.24, 2.45) is 0 Å². The summed E-state index contributed by atoms with van der Waals surface area (Å²) in [6.45, 7) is 0.854. The number of carbonyl (C=O) groups excluding carboxylic acids is 1. The Bertz CT molecular complexity index is 852. The molecule has 0 unspecified atom stereocenters. The number of para-hydroxylation sites is 1. The minimum Gasteiger partial charge on any atom is -0.497 e. The molecule has 0 saturated heterocycles. The van der Waals surface area contributed by atoms with Crippen molar-refractivity contribution in [3.8, 4) is 5.75 Å². The SMILES string of the molecule is COCc1c(C(=O)NCCc2ccc(OC)cc2)oc2ccccc12. The van der Waals surface area contributed by atoms with E-state index in [1.165, 1.54) is 0 Å². The highest BCUT2D eigenvalue weighted by Crippen LogP contribution is 2.26. The van der Waals surface area contributed by atoms with Crippen LogP contribution < -0.4 is 10.1 Å². The van der Waals surface area contributed by atoms with Gasteiger partial charge in [0.2, 0.25) is 0 Å². The van der Waals surface area contributed by atoms with Gasteiger partial charge in [0.05, 0.1) is 13.7 Å². The number of rotatable bonds is 7. The third-order valence-corrected chi connectivity index (χ3v) is 4.05. The Labute approximate surface area is 146 Å². The smallest absolute Gasteiger partial charge is 0.287 e. The molecule has 0 aliphatic rings. The molecule has 1 aromatic heterocycles. The molecule has 5 nitrogen and oxygen atoms in total. The topological polar surface area (TPSA) is 60.7 Å². The number of fused-ring (bicyclic) bond motifs is 1. The molecule has 0 radical (unpaired) electrons. The predicted molar refractivity (Wildman–Crippen MR) is 96.0 cm³/mol. The molecule has 0 spiro atoms. The molecule has 0 aliphatic heterocycles. The molecule has 0 fully saturated rings. The summed E-state index contributed by atoms with van der Waals surface area (Å²) in [5.74, 6) is 0.911. The van der Waals surface area contributed by atoms with Crippen LogP contribution in [0.15, 0.2) is 52.9 Å². The summed E-state index contributed by atoms with van der Waals surface area (Å²) < 4.78 is 16.1. The normalized spacial score (nSPS) is 10.8. The van der Waals surface area contributed by atoms with Crippen LogP contribution >= 0.6 is 0 Å². The number of methoxy groups -OCH3 is 2. The Kier molecular flexibility index (Phi) is 5.36. The predicted octanol–water partition coefficient (Wildman–Crippen LogP) is 3.56. The maximum atomic E-state index is 12.5.